The summed E-state index contributed by atoms with van der Waals surface area (Å²) >= 11 is 0. The molecule has 21 heavy (non-hydrogen) atoms. The SMILES string of the molecule is CC(NC(=O)c1ccc(F)cc1N)c1ccc(F)c(F)c1. The number of benzene rings is 2. The van der Waals surface area contributed by atoms with Crippen molar-refractivity contribution in [3.8, 4) is 0 Å². The number of halogens is 3. The summed E-state index contributed by atoms with van der Waals surface area (Å²) in [6.45, 7) is 1.62. The van der Waals surface area contributed by atoms with Gasteiger partial charge in [0.05, 0.1) is 11.6 Å². The first-order chi connectivity index (χ1) is 9.88. The van der Waals surface area contributed by atoms with E-state index in [0.29, 0.717) is 5.56 Å². The van der Waals surface area contributed by atoms with Crippen LogP contribution in [0.15, 0.2) is 36.4 Å². The maximum atomic E-state index is 13.2. The van der Waals surface area contributed by atoms with Gasteiger partial charge in [0.15, 0.2) is 11.6 Å². The average Bonchev–Trinajstić information content (AvgIpc) is 2.41. The highest BCUT2D eigenvalue weighted by atomic mass is 19.2. The molecule has 0 aliphatic carbocycles. The van der Waals surface area contributed by atoms with Crippen molar-refractivity contribution in [2.24, 2.45) is 0 Å². The number of nitrogen functional groups attached to an aromatic ring is 1. The van der Waals surface area contributed by atoms with E-state index in [1.165, 1.54) is 12.1 Å². The van der Waals surface area contributed by atoms with Crippen LogP contribution in [0.5, 0.6) is 0 Å². The van der Waals surface area contributed by atoms with Crippen molar-refractivity contribution < 1.29 is 18.0 Å². The minimum absolute atomic E-state index is 0.00462. The summed E-state index contributed by atoms with van der Waals surface area (Å²) in [6.07, 6.45) is 0. The van der Waals surface area contributed by atoms with Gasteiger partial charge in [-0.3, -0.25) is 4.79 Å². The largest absolute Gasteiger partial charge is 0.398 e. The molecule has 2 rings (SSSR count). The number of hydrogen-bond acceptors (Lipinski definition) is 2. The zero-order valence-corrected chi connectivity index (χ0v) is 11.2. The van der Waals surface area contributed by atoms with Gasteiger partial charge < -0.3 is 11.1 Å². The Hall–Kier alpha value is -2.50. The normalized spacial score (nSPS) is 12.0. The van der Waals surface area contributed by atoms with E-state index in [9.17, 15) is 18.0 Å². The van der Waals surface area contributed by atoms with Crippen LogP contribution in [0.1, 0.15) is 28.9 Å². The predicted molar refractivity (Wildman–Crippen MR) is 73.1 cm³/mol. The molecule has 0 bridgehead atoms. The van der Waals surface area contributed by atoms with E-state index in [1.807, 2.05) is 0 Å². The minimum Gasteiger partial charge on any atom is -0.398 e. The van der Waals surface area contributed by atoms with Crippen LogP contribution in [0, 0.1) is 17.5 Å². The molecule has 1 amide bonds. The Kier molecular flexibility index (Phi) is 4.16. The fourth-order valence-corrected chi connectivity index (χ4v) is 1.88. The number of rotatable bonds is 3. The van der Waals surface area contributed by atoms with Crippen LogP contribution in [-0.4, -0.2) is 5.91 Å². The molecule has 0 saturated carbocycles. The Morgan fingerprint density at radius 2 is 1.81 bits per heavy atom. The third kappa shape index (κ3) is 3.34. The van der Waals surface area contributed by atoms with Crippen LogP contribution in [0.3, 0.4) is 0 Å². The molecule has 0 aliphatic rings. The molecule has 0 spiro atoms. The number of hydrogen-bond donors (Lipinski definition) is 2. The van der Waals surface area contributed by atoms with E-state index in [-0.39, 0.29) is 11.3 Å². The van der Waals surface area contributed by atoms with Gasteiger partial charge in [-0.15, -0.1) is 0 Å². The Morgan fingerprint density at radius 3 is 2.43 bits per heavy atom. The van der Waals surface area contributed by atoms with E-state index in [0.717, 1.165) is 24.3 Å². The summed E-state index contributed by atoms with van der Waals surface area (Å²) in [7, 11) is 0. The van der Waals surface area contributed by atoms with Gasteiger partial charge in [-0.25, -0.2) is 13.2 Å². The number of nitrogens with two attached hydrogens (primary N) is 1. The van der Waals surface area contributed by atoms with Gasteiger partial charge in [0.25, 0.3) is 5.91 Å². The first kappa shape index (κ1) is 14.9. The predicted octanol–water partition coefficient (Wildman–Crippen LogP) is 3.18. The first-order valence-corrected chi connectivity index (χ1v) is 6.19. The van der Waals surface area contributed by atoms with Gasteiger partial charge in [0, 0.05) is 5.69 Å². The lowest BCUT2D eigenvalue weighted by Gasteiger charge is -2.15. The van der Waals surface area contributed by atoms with Crippen molar-refractivity contribution >= 4 is 11.6 Å². The molecule has 0 radical (unpaired) electrons. The van der Waals surface area contributed by atoms with Crippen LogP contribution >= 0.6 is 0 Å². The van der Waals surface area contributed by atoms with E-state index in [1.54, 1.807) is 6.92 Å². The lowest BCUT2D eigenvalue weighted by Crippen LogP contribution is -2.27. The summed E-state index contributed by atoms with van der Waals surface area (Å²) in [6, 6.07) is 6.23. The number of amides is 1. The molecule has 0 saturated heterocycles. The summed E-state index contributed by atoms with van der Waals surface area (Å²) < 4.78 is 39.0. The highest BCUT2D eigenvalue weighted by Gasteiger charge is 2.15. The van der Waals surface area contributed by atoms with Crippen LogP contribution in [0.4, 0.5) is 18.9 Å². The fourth-order valence-electron chi connectivity index (χ4n) is 1.88. The Morgan fingerprint density at radius 1 is 1.10 bits per heavy atom. The fraction of sp³-hybridized carbons (Fsp3) is 0.133. The second-order valence-electron chi connectivity index (χ2n) is 4.60. The van der Waals surface area contributed by atoms with E-state index in [4.69, 9.17) is 5.73 Å². The van der Waals surface area contributed by atoms with Crippen LogP contribution in [0.2, 0.25) is 0 Å². The third-order valence-electron chi connectivity index (χ3n) is 3.05. The quantitative estimate of drug-likeness (QED) is 0.854. The molecule has 0 fully saturated rings. The second kappa shape index (κ2) is 5.87. The number of carbonyl (C=O) groups is 1. The van der Waals surface area contributed by atoms with Gasteiger partial charge >= 0.3 is 0 Å². The minimum atomic E-state index is -0.991. The van der Waals surface area contributed by atoms with Gasteiger partial charge in [0.2, 0.25) is 0 Å². The molecule has 2 aromatic rings. The zero-order valence-electron chi connectivity index (χ0n) is 11.2. The maximum absolute atomic E-state index is 13.2. The van der Waals surface area contributed by atoms with Crippen molar-refractivity contribution in [2.75, 3.05) is 5.73 Å². The molecule has 0 heterocycles. The first-order valence-electron chi connectivity index (χ1n) is 6.19. The van der Waals surface area contributed by atoms with Crippen molar-refractivity contribution in [2.45, 2.75) is 13.0 Å². The van der Waals surface area contributed by atoms with Gasteiger partial charge in [0.1, 0.15) is 5.82 Å². The lowest BCUT2D eigenvalue weighted by molar-refractivity contribution is 0.0940. The number of carbonyl (C=O) groups excluding carboxylic acids is 1. The Balaban J connectivity index is 2.16. The smallest absolute Gasteiger partial charge is 0.253 e. The molecule has 1 atom stereocenters. The Bertz CT molecular complexity index is 689. The molecule has 1 unspecified atom stereocenters. The monoisotopic (exact) mass is 294 g/mol. The average molecular weight is 294 g/mol. The van der Waals surface area contributed by atoms with E-state index < -0.39 is 29.4 Å². The van der Waals surface area contributed by atoms with E-state index in [2.05, 4.69) is 5.32 Å². The molecule has 0 aliphatic heterocycles. The van der Waals surface area contributed by atoms with Gasteiger partial charge in [-0.2, -0.15) is 0 Å². The van der Waals surface area contributed by atoms with Crippen molar-refractivity contribution in [1.29, 1.82) is 0 Å². The highest BCUT2D eigenvalue weighted by Crippen LogP contribution is 2.18. The molecule has 0 aromatic heterocycles. The molecule has 3 nitrogen and oxygen atoms in total. The molecule has 6 heteroatoms. The highest BCUT2D eigenvalue weighted by molar-refractivity contribution is 5.99. The third-order valence-corrected chi connectivity index (χ3v) is 3.05. The molecule has 2 aromatic carbocycles. The van der Waals surface area contributed by atoms with Crippen LogP contribution in [0.25, 0.3) is 0 Å². The summed E-state index contributed by atoms with van der Waals surface area (Å²) in [5.74, 6) is -3.02. The van der Waals surface area contributed by atoms with Crippen molar-refractivity contribution in [1.82, 2.24) is 5.32 Å². The molecular weight excluding hydrogens is 281 g/mol. The summed E-state index contributed by atoms with van der Waals surface area (Å²) in [5.41, 5.74) is 6.10. The Labute approximate surface area is 119 Å². The topological polar surface area (TPSA) is 55.1 Å². The zero-order chi connectivity index (χ0) is 15.6. The lowest BCUT2D eigenvalue weighted by atomic mass is 10.1. The van der Waals surface area contributed by atoms with E-state index >= 15 is 0 Å². The number of nitrogens with one attached hydrogen (secondary N) is 1. The molecule has 3 N–H and O–H groups in total. The van der Waals surface area contributed by atoms with Crippen molar-refractivity contribution in [3.05, 3.63) is 65.0 Å². The van der Waals surface area contributed by atoms with Gasteiger partial charge in [-0.05, 0) is 42.8 Å². The number of anilines is 1. The van der Waals surface area contributed by atoms with Crippen LogP contribution < -0.4 is 11.1 Å². The molecule has 110 valence electrons. The van der Waals surface area contributed by atoms with Gasteiger partial charge in [-0.1, -0.05) is 6.07 Å². The summed E-state index contributed by atoms with van der Waals surface area (Å²) in [5, 5.41) is 2.59. The maximum Gasteiger partial charge on any atom is 0.253 e. The van der Waals surface area contributed by atoms with Crippen molar-refractivity contribution in [3.63, 3.8) is 0 Å². The second-order valence-corrected chi connectivity index (χ2v) is 4.60. The molecular formula is C15H13F3N2O. The summed E-state index contributed by atoms with van der Waals surface area (Å²) in [4.78, 5) is 12.0. The van der Waals surface area contributed by atoms with Crippen LogP contribution in [-0.2, 0) is 0 Å². The standard InChI is InChI=1S/C15H13F3N2O/c1-8(9-2-5-12(17)13(18)6-9)20-15(21)11-4-3-10(16)7-14(11)19/h2-8H,19H2,1H3,(H,20,21).